The summed E-state index contributed by atoms with van der Waals surface area (Å²) in [5.74, 6) is 0.813. The number of methoxy groups -OCH3 is 1. The van der Waals surface area contributed by atoms with Gasteiger partial charge in [-0.25, -0.2) is 0 Å². The fourth-order valence-electron chi connectivity index (χ4n) is 2.67. The van der Waals surface area contributed by atoms with E-state index in [0.717, 1.165) is 20.1 Å². The number of carbonyl (C=O) groups excluding carboxylic acids is 1. The van der Waals surface area contributed by atoms with E-state index in [1.807, 2.05) is 24.3 Å². The maximum absolute atomic E-state index is 12.5. The van der Waals surface area contributed by atoms with E-state index in [0.29, 0.717) is 23.8 Å². The van der Waals surface area contributed by atoms with Crippen LogP contribution in [0.3, 0.4) is 0 Å². The number of anilines is 1. The quantitative estimate of drug-likeness (QED) is 0.279. The minimum atomic E-state index is -0.490. The molecule has 0 bridgehead atoms. The van der Waals surface area contributed by atoms with Crippen LogP contribution in [-0.4, -0.2) is 13.0 Å². The van der Waals surface area contributed by atoms with Crippen molar-refractivity contribution in [2.24, 2.45) is 0 Å². The highest BCUT2D eigenvalue weighted by molar-refractivity contribution is 9.11. The molecule has 3 aromatic carbocycles. The van der Waals surface area contributed by atoms with Crippen molar-refractivity contribution < 1.29 is 14.3 Å². The number of carbonyl (C=O) groups is 1. The molecule has 0 unspecified atom stereocenters. The number of nitrogens with zero attached hydrogens (tertiary/aromatic N) is 1. The summed E-state index contributed by atoms with van der Waals surface area (Å²) in [4.78, 5) is 12.5. The van der Waals surface area contributed by atoms with Crippen LogP contribution in [-0.2, 0) is 11.4 Å². The normalized spacial score (nSPS) is 10.8. The van der Waals surface area contributed by atoms with Crippen LogP contribution < -0.4 is 14.8 Å². The molecule has 3 rings (SSSR count). The number of hydrogen-bond donors (Lipinski definition) is 1. The van der Waals surface area contributed by atoms with Crippen molar-refractivity contribution in [3.8, 4) is 17.6 Å². The van der Waals surface area contributed by atoms with E-state index in [2.05, 4.69) is 37.2 Å². The fourth-order valence-corrected chi connectivity index (χ4v) is 3.84. The Morgan fingerprint density at radius 3 is 2.52 bits per heavy atom. The standard InChI is InChI=1S/C24H18Br2N2O3/c1-30-22-4-2-3-20(13-22)28-24(29)18(14-27)11-16-5-9-21(10-6-16)31-15-17-7-8-19(25)12-23(17)26/h2-13H,15H2,1H3,(H,28,29)/b18-11-. The molecule has 7 heteroatoms. The third-order valence-corrected chi connectivity index (χ3v) is 5.52. The van der Waals surface area contributed by atoms with Gasteiger partial charge in [0.05, 0.1) is 7.11 Å². The predicted molar refractivity (Wildman–Crippen MR) is 128 cm³/mol. The largest absolute Gasteiger partial charge is 0.497 e. The molecule has 0 fully saturated rings. The van der Waals surface area contributed by atoms with Crippen LogP contribution in [0.25, 0.3) is 6.08 Å². The summed E-state index contributed by atoms with van der Waals surface area (Å²) in [6.45, 7) is 0.412. The molecular weight excluding hydrogens is 524 g/mol. The van der Waals surface area contributed by atoms with E-state index in [4.69, 9.17) is 9.47 Å². The summed E-state index contributed by atoms with van der Waals surface area (Å²) in [5.41, 5.74) is 2.28. The molecule has 0 aliphatic heterocycles. The van der Waals surface area contributed by atoms with Gasteiger partial charge in [-0.1, -0.05) is 56.1 Å². The second-order valence-electron chi connectivity index (χ2n) is 6.45. The molecule has 5 nitrogen and oxygen atoms in total. The maximum Gasteiger partial charge on any atom is 0.266 e. The third kappa shape index (κ3) is 6.45. The summed E-state index contributed by atoms with van der Waals surface area (Å²) in [7, 11) is 1.55. The molecule has 0 aliphatic rings. The van der Waals surface area contributed by atoms with Crippen molar-refractivity contribution in [2.45, 2.75) is 6.61 Å². The molecule has 156 valence electrons. The summed E-state index contributed by atoms with van der Waals surface area (Å²) < 4.78 is 12.9. The highest BCUT2D eigenvalue weighted by Crippen LogP contribution is 2.24. The van der Waals surface area contributed by atoms with Crippen LogP contribution >= 0.6 is 31.9 Å². The molecule has 31 heavy (non-hydrogen) atoms. The second-order valence-corrected chi connectivity index (χ2v) is 8.22. The lowest BCUT2D eigenvalue weighted by atomic mass is 10.1. The summed E-state index contributed by atoms with van der Waals surface area (Å²) in [6, 6.07) is 22.0. The Kier molecular flexibility index (Phi) is 7.88. The van der Waals surface area contributed by atoms with Gasteiger partial charge in [0, 0.05) is 26.3 Å². The smallest absolute Gasteiger partial charge is 0.266 e. The van der Waals surface area contributed by atoms with Gasteiger partial charge in [0.15, 0.2) is 0 Å². The van der Waals surface area contributed by atoms with Crippen LogP contribution in [0.1, 0.15) is 11.1 Å². The molecular formula is C24H18Br2N2O3. The van der Waals surface area contributed by atoms with Gasteiger partial charge in [0.2, 0.25) is 0 Å². The Morgan fingerprint density at radius 2 is 1.84 bits per heavy atom. The van der Waals surface area contributed by atoms with Crippen LogP contribution in [0.15, 0.2) is 81.2 Å². The fraction of sp³-hybridized carbons (Fsp3) is 0.0833. The van der Waals surface area contributed by atoms with Gasteiger partial charge in [0.25, 0.3) is 5.91 Å². The number of halogens is 2. The van der Waals surface area contributed by atoms with E-state index >= 15 is 0 Å². The van der Waals surface area contributed by atoms with E-state index < -0.39 is 5.91 Å². The molecule has 0 saturated carbocycles. The van der Waals surface area contributed by atoms with Gasteiger partial charge in [-0.3, -0.25) is 4.79 Å². The molecule has 0 heterocycles. The number of nitriles is 1. The highest BCUT2D eigenvalue weighted by Gasteiger charge is 2.10. The van der Waals surface area contributed by atoms with Crippen LogP contribution in [0.4, 0.5) is 5.69 Å². The SMILES string of the molecule is COc1cccc(NC(=O)/C(C#N)=C\c2ccc(OCc3ccc(Br)cc3Br)cc2)c1. The van der Waals surface area contributed by atoms with Gasteiger partial charge < -0.3 is 14.8 Å². The Balaban J connectivity index is 1.65. The van der Waals surface area contributed by atoms with Crippen molar-refractivity contribution in [2.75, 3.05) is 12.4 Å². The second kappa shape index (κ2) is 10.8. The molecule has 0 aliphatic carbocycles. The Morgan fingerprint density at radius 1 is 1.06 bits per heavy atom. The van der Waals surface area contributed by atoms with Gasteiger partial charge in [-0.2, -0.15) is 5.26 Å². The Bertz CT molecular complexity index is 1150. The lowest BCUT2D eigenvalue weighted by molar-refractivity contribution is -0.112. The van der Waals surface area contributed by atoms with E-state index in [1.165, 1.54) is 6.08 Å². The lowest BCUT2D eigenvalue weighted by Gasteiger charge is -2.09. The van der Waals surface area contributed by atoms with E-state index in [9.17, 15) is 10.1 Å². The lowest BCUT2D eigenvalue weighted by Crippen LogP contribution is -2.13. The van der Waals surface area contributed by atoms with Gasteiger partial charge in [0.1, 0.15) is 29.7 Å². The average molecular weight is 542 g/mol. The van der Waals surface area contributed by atoms with Gasteiger partial charge in [-0.15, -0.1) is 0 Å². The highest BCUT2D eigenvalue weighted by atomic mass is 79.9. The number of hydrogen-bond acceptors (Lipinski definition) is 4. The molecule has 0 saturated heterocycles. The topological polar surface area (TPSA) is 71.3 Å². The first-order valence-electron chi connectivity index (χ1n) is 9.22. The number of rotatable bonds is 7. The minimum absolute atomic E-state index is 0.00437. The predicted octanol–water partition coefficient (Wildman–Crippen LogP) is 6.34. The molecule has 0 atom stereocenters. The van der Waals surface area contributed by atoms with Crippen molar-refractivity contribution >= 4 is 49.5 Å². The molecule has 1 amide bonds. The van der Waals surface area contributed by atoms with Crippen LogP contribution in [0.2, 0.25) is 0 Å². The molecule has 0 spiro atoms. The van der Waals surface area contributed by atoms with E-state index in [-0.39, 0.29) is 5.57 Å². The zero-order valence-corrected chi connectivity index (χ0v) is 19.7. The third-order valence-electron chi connectivity index (χ3n) is 4.29. The number of amides is 1. The Hall–Kier alpha value is -3.08. The van der Waals surface area contributed by atoms with Crippen molar-refractivity contribution in [1.82, 2.24) is 0 Å². The first-order chi connectivity index (χ1) is 15.0. The van der Waals surface area contributed by atoms with Crippen LogP contribution in [0, 0.1) is 11.3 Å². The molecule has 0 aromatic heterocycles. The Labute approximate surface area is 197 Å². The van der Waals surface area contributed by atoms with Crippen LogP contribution in [0.5, 0.6) is 11.5 Å². The zero-order chi connectivity index (χ0) is 22.2. The summed E-state index contributed by atoms with van der Waals surface area (Å²) in [6.07, 6.45) is 1.53. The zero-order valence-electron chi connectivity index (χ0n) is 16.6. The molecule has 0 radical (unpaired) electrons. The average Bonchev–Trinajstić information content (AvgIpc) is 2.77. The summed E-state index contributed by atoms with van der Waals surface area (Å²) in [5, 5.41) is 12.1. The monoisotopic (exact) mass is 540 g/mol. The maximum atomic E-state index is 12.5. The minimum Gasteiger partial charge on any atom is -0.497 e. The summed E-state index contributed by atoms with van der Waals surface area (Å²) >= 11 is 6.95. The first kappa shape index (κ1) is 22.6. The number of nitrogens with one attached hydrogen (secondary N) is 1. The van der Waals surface area contributed by atoms with Gasteiger partial charge >= 0.3 is 0 Å². The van der Waals surface area contributed by atoms with Crippen molar-refractivity contribution in [1.29, 1.82) is 5.26 Å². The molecule has 3 aromatic rings. The van der Waals surface area contributed by atoms with Gasteiger partial charge in [-0.05, 0) is 48.0 Å². The first-order valence-corrected chi connectivity index (χ1v) is 10.8. The number of benzene rings is 3. The van der Waals surface area contributed by atoms with Crippen molar-refractivity contribution in [3.63, 3.8) is 0 Å². The van der Waals surface area contributed by atoms with E-state index in [1.54, 1.807) is 55.6 Å². The van der Waals surface area contributed by atoms with Crippen molar-refractivity contribution in [3.05, 3.63) is 92.4 Å². The number of ether oxygens (including phenoxy) is 2. The molecule has 1 N–H and O–H groups in total.